The van der Waals surface area contributed by atoms with Gasteiger partial charge in [-0.15, -0.1) is 0 Å². The van der Waals surface area contributed by atoms with Crippen LogP contribution in [0.4, 0.5) is 5.69 Å². The van der Waals surface area contributed by atoms with Crippen molar-refractivity contribution in [2.45, 2.75) is 26.0 Å². The number of carbonyl (C=O) groups excluding carboxylic acids is 2. The van der Waals surface area contributed by atoms with Gasteiger partial charge in [0, 0.05) is 19.1 Å². The molecule has 0 unspecified atom stereocenters. The molecule has 2 aromatic rings. The molecule has 0 fully saturated rings. The smallest absolute Gasteiger partial charge is 0.308 e. The molecule has 2 rings (SSSR count). The molecule has 0 saturated heterocycles. The summed E-state index contributed by atoms with van der Waals surface area (Å²) < 4.78 is 5.20. The number of hydrogen-bond donors (Lipinski definition) is 1. The molecule has 0 saturated carbocycles. The van der Waals surface area contributed by atoms with Gasteiger partial charge in [-0.25, -0.2) is 0 Å². The van der Waals surface area contributed by atoms with E-state index in [0.29, 0.717) is 5.56 Å². The Labute approximate surface area is 144 Å². The molecule has 0 heterocycles. The van der Waals surface area contributed by atoms with Crippen LogP contribution in [0.1, 0.15) is 30.5 Å². The van der Waals surface area contributed by atoms with Crippen LogP contribution < -0.4 is 5.32 Å². The number of benzene rings is 2. The lowest BCUT2D eigenvalue weighted by molar-refractivity contribution is -0.384. The van der Waals surface area contributed by atoms with Crippen LogP contribution in [0.2, 0.25) is 0 Å². The van der Waals surface area contributed by atoms with Crippen molar-refractivity contribution < 1.29 is 19.2 Å². The minimum atomic E-state index is -0.492. The number of hydrogen-bond acceptors (Lipinski definition) is 5. The summed E-state index contributed by atoms with van der Waals surface area (Å²) in [6.45, 7) is 1.40. The number of nitro groups is 1. The Morgan fingerprint density at radius 1 is 1.12 bits per heavy atom. The van der Waals surface area contributed by atoms with E-state index in [9.17, 15) is 19.7 Å². The van der Waals surface area contributed by atoms with Gasteiger partial charge in [0.05, 0.1) is 17.4 Å². The van der Waals surface area contributed by atoms with Crippen LogP contribution in [0.5, 0.6) is 0 Å². The summed E-state index contributed by atoms with van der Waals surface area (Å²) in [6, 6.07) is 14.5. The van der Waals surface area contributed by atoms with Gasteiger partial charge in [-0.1, -0.05) is 30.3 Å². The third-order valence-corrected chi connectivity index (χ3v) is 3.50. The van der Waals surface area contributed by atoms with Crippen LogP contribution in [0.3, 0.4) is 0 Å². The minimum absolute atomic E-state index is 0.00340. The quantitative estimate of drug-likeness (QED) is 0.474. The number of nitro benzene ring substituents is 1. The van der Waals surface area contributed by atoms with Crippen molar-refractivity contribution in [3.63, 3.8) is 0 Å². The van der Waals surface area contributed by atoms with Crippen LogP contribution in [-0.2, 0) is 20.9 Å². The van der Waals surface area contributed by atoms with Crippen LogP contribution in [0.25, 0.3) is 0 Å². The van der Waals surface area contributed by atoms with Gasteiger partial charge in [0.2, 0.25) is 5.91 Å². The van der Waals surface area contributed by atoms with Gasteiger partial charge >= 0.3 is 5.97 Å². The molecule has 0 aromatic heterocycles. The van der Waals surface area contributed by atoms with E-state index in [2.05, 4.69) is 5.32 Å². The number of amides is 1. The van der Waals surface area contributed by atoms with E-state index >= 15 is 0 Å². The monoisotopic (exact) mass is 342 g/mol. The highest BCUT2D eigenvalue weighted by atomic mass is 16.6. The molecule has 2 aromatic carbocycles. The van der Waals surface area contributed by atoms with E-state index in [-0.39, 0.29) is 24.6 Å². The van der Waals surface area contributed by atoms with Gasteiger partial charge in [-0.3, -0.25) is 19.7 Å². The number of non-ortho nitro benzene ring substituents is 1. The van der Waals surface area contributed by atoms with Gasteiger partial charge in [-0.05, 0) is 23.3 Å². The lowest BCUT2D eigenvalue weighted by atomic mass is 10.0. The van der Waals surface area contributed by atoms with Crippen molar-refractivity contribution in [3.05, 3.63) is 75.8 Å². The van der Waals surface area contributed by atoms with Gasteiger partial charge in [-0.2, -0.15) is 0 Å². The summed E-state index contributed by atoms with van der Waals surface area (Å²) >= 11 is 0. The average molecular weight is 342 g/mol. The maximum atomic E-state index is 12.1. The van der Waals surface area contributed by atoms with Crippen molar-refractivity contribution in [3.8, 4) is 0 Å². The van der Waals surface area contributed by atoms with E-state index < -0.39 is 16.9 Å². The number of nitrogens with one attached hydrogen (secondary N) is 1. The van der Waals surface area contributed by atoms with Crippen LogP contribution in [-0.4, -0.2) is 16.8 Å². The number of nitrogens with zero attached hydrogens (tertiary/aromatic N) is 1. The number of rotatable bonds is 7. The molecular formula is C18H18N2O5. The van der Waals surface area contributed by atoms with Crippen LogP contribution in [0.15, 0.2) is 54.6 Å². The SMILES string of the molecule is CC(=O)N[C@H](CC(=O)OCc1ccc([N+](=O)[O-])cc1)c1ccccc1. The van der Waals surface area contributed by atoms with Crippen molar-refractivity contribution in [2.75, 3.05) is 0 Å². The van der Waals surface area contributed by atoms with Gasteiger partial charge in [0.1, 0.15) is 6.61 Å². The fourth-order valence-electron chi connectivity index (χ4n) is 2.29. The maximum absolute atomic E-state index is 12.1. The Hall–Kier alpha value is -3.22. The average Bonchev–Trinajstić information content (AvgIpc) is 2.60. The Morgan fingerprint density at radius 2 is 1.76 bits per heavy atom. The topological polar surface area (TPSA) is 98.5 Å². The van der Waals surface area contributed by atoms with Crippen molar-refractivity contribution in [1.82, 2.24) is 5.32 Å². The Bertz CT molecular complexity index is 744. The molecule has 7 heteroatoms. The molecule has 7 nitrogen and oxygen atoms in total. The molecule has 0 aliphatic heterocycles. The maximum Gasteiger partial charge on any atom is 0.308 e. The normalized spacial score (nSPS) is 11.4. The molecule has 1 atom stereocenters. The number of esters is 1. The highest BCUT2D eigenvalue weighted by Gasteiger charge is 2.18. The van der Waals surface area contributed by atoms with E-state index in [1.165, 1.54) is 31.2 Å². The van der Waals surface area contributed by atoms with E-state index in [4.69, 9.17) is 4.74 Å². The van der Waals surface area contributed by atoms with Crippen molar-refractivity contribution in [1.29, 1.82) is 0 Å². The fraction of sp³-hybridized carbons (Fsp3) is 0.222. The molecule has 0 spiro atoms. The van der Waals surface area contributed by atoms with E-state index in [1.807, 2.05) is 30.3 Å². The highest BCUT2D eigenvalue weighted by Crippen LogP contribution is 2.18. The molecule has 1 N–H and O–H groups in total. The van der Waals surface area contributed by atoms with Crippen LogP contribution in [0, 0.1) is 10.1 Å². The standard InChI is InChI=1S/C18H18N2O5/c1-13(21)19-17(15-5-3-2-4-6-15)11-18(22)25-12-14-7-9-16(10-8-14)20(23)24/h2-10,17H,11-12H2,1H3,(H,19,21)/t17-/m1/s1. The zero-order valence-electron chi connectivity index (χ0n) is 13.7. The minimum Gasteiger partial charge on any atom is -0.461 e. The molecule has 1 amide bonds. The Kier molecular flexibility index (Phi) is 6.22. The number of carbonyl (C=O) groups is 2. The fourth-order valence-corrected chi connectivity index (χ4v) is 2.29. The molecular weight excluding hydrogens is 324 g/mol. The molecule has 25 heavy (non-hydrogen) atoms. The molecule has 0 aliphatic carbocycles. The summed E-state index contributed by atoms with van der Waals surface area (Å²) in [5, 5.41) is 13.3. The van der Waals surface area contributed by atoms with Crippen molar-refractivity contribution in [2.24, 2.45) is 0 Å². The first-order valence-electron chi connectivity index (χ1n) is 7.66. The summed E-state index contributed by atoms with van der Waals surface area (Å²) in [7, 11) is 0. The zero-order valence-corrected chi connectivity index (χ0v) is 13.7. The predicted molar refractivity (Wildman–Crippen MR) is 90.5 cm³/mol. The summed E-state index contributed by atoms with van der Waals surface area (Å²) in [4.78, 5) is 33.5. The van der Waals surface area contributed by atoms with Gasteiger partial charge < -0.3 is 10.1 Å². The first kappa shape index (κ1) is 18.1. The summed E-state index contributed by atoms with van der Waals surface area (Å²) in [6.07, 6.45) is -0.00340. The van der Waals surface area contributed by atoms with E-state index in [1.54, 1.807) is 0 Å². The molecule has 0 aliphatic rings. The molecule has 130 valence electrons. The number of ether oxygens (including phenoxy) is 1. The molecule has 0 bridgehead atoms. The second-order valence-electron chi connectivity index (χ2n) is 5.45. The lowest BCUT2D eigenvalue weighted by Gasteiger charge is -2.17. The first-order valence-corrected chi connectivity index (χ1v) is 7.66. The predicted octanol–water partition coefficient (Wildman–Crippen LogP) is 2.91. The van der Waals surface area contributed by atoms with E-state index in [0.717, 1.165) is 5.56 Å². The summed E-state index contributed by atoms with van der Waals surface area (Å²) in [5.41, 5.74) is 1.43. The lowest BCUT2D eigenvalue weighted by Crippen LogP contribution is -2.28. The molecule has 0 radical (unpaired) electrons. The third kappa shape index (κ3) is 5.72. The first-order chi connectivity index (χ1) is 12.0. The highest BCUT2D eigenvalue weighted by molar-refractivity contribution is 5.76. The van der Waals surface area contributed by atoms with Crippen LogP contribution >= 0.6 is 0 Å². The second-order valence-corrected chi connectivity index (χ2v) is 5.45. The summed E-state index contributed by atoms with van der Waals surface area (Å²) in [5.74, 6) is -0.710. The zero-order chi connectivity index (χ0) is 18.2. The Morgan fingerprint density at radius 3 is 2.32 bits per heavy atom. The second kappa shape index (κ2) is 8.58. The largest absolute Gasteiger partial charge is 0.461 e. The van der Waals surface area contributed by atoms with Gasteiger partial charge in [0.25, 0.3) is 5.69 Å². The Balaban J connectivity index is 1.94. The van der Waals surface area contributed by atoms with Gasteiger partial charge in [0.15, 0.2) is 0 Å². The third-order valence-electron chi connectivity index (χ3n) is 3.50. The van der Waals surface area contributed by atoms with Crippen molar-refractivity contribution >= 4 is 17.6 Å².